The van der Waals surface area contributed by atoms with Crippen molar-refractivity contribution in [1.82, 2.24) is 4.98 Å². The molecule has 1 fully saturated rings. The predicted molar refractivity (Wildman–Crippen MR) is 72.3 cm³/mol. The molecule has 1 N–H and O–H groups in total. The van der Waals surface area contributed by atoms with Crippen molar-refractivity contribution in [3.05, 3.63) is 23.4 Å². The molecule has 1 aliphatic rings. The zero-order valence-corrected chi connectivity index (χ0v) is 11.4. The third-order valence-corrected chi connectivity index (χ3v) is 3.32. The molecule has 0 saturated carbocycles. The van der Waals surface area contributed by atoms with E-state index in [0.717, 1.165) is 32.0 Å². The number of aryl methyl sites for hydroxylation is 1. The largest absolute Gasteiger partial charge is 0.465 e. The summed E-state index contributed by atoms with van der Waals surface area (Å²) in [5, 5.41) is 3.30. The van der Waals surface area contributed by atoms with Gasteiger partial charge in [-0.25, -0.2) is 9.78 Å². The Morgan fingerprint density at radius 3 is 3.05 bits per heavy atom. The van der Waals surface area contributed by atoms with Gasteiger partial charge in [-0.2, -0.15) is 0 Å². The molecule has 0 amide bonds. The first-order valence-electron chi connectivity index (χ1n) is 6.58. The minimum absolute atomic E-state index is 0.350. The molecule has 5 nitrogen and oxygen atoms in total. The molecular formula is C14H20N2O3. The smallest absolute Gasteiger partial charge is 0.339 e. The number of anilines is 1. The summed E-state index contributed by atoms with van der Waals surface area (Å²) >= 11 is 0. The summed E-state index contributed by atoms with van der Waals surface area (Å²) in [6.45, 7) is 4.35. The number of rotatable bonds is 4. The van der Waals surface area contributed by atoms with Gasteiger partial charge in [-0.05, 0) is 37.8 Å². The number of nitrogens with zero attached hydrogens (tertiary/aromatic N) is 1. The number of esters is 1. The lowest BCUT2D eigenvalue weighted by Gasteiger charge is -2.22. The molecule has 0 radical (unpaired) electrons. The molecule has 1 unspecified atom stereocenters. The van der Waals surface area contributed by atoms with Crippen molar-refractivity contribution in [2.24, 2.45) is 5.92 Å². The molecule has 0 aromatic carbocycles. The summed E-state index contributed by atoms with van der Waals surface area (Å²) in [5.74, 6) is 0.976. The molecule has 104 valence electrons. The number of carbonyl (C=O) groups is 1. The number of ether oxygens (including phenoxy) is 2. The fourth-order valence-electron chi connectivity index (χ4n) is 2.20. The maximum Gasteiger partial charge on any atom is 0.339 e. The Morgan fingerprint density at radius 1 is 1.58 bits per heavy atom. The summed E-state index contributed by atoms with van der Waals surface area (Å²) < 4.78 is 10.1. The minimum atomic E-state index is -0.350. The highest BCUT2D eigenvalue weighted by Gasteiger charge is 2.14. The zero-order valence-electron chi connectivity index (χ0n) is 11.4. The third kappa shape index (κ3) is 3.67. The van der Waals surface area contributed by atoms with E-state index in [-0.39, 0.29) is 5.97 Å². The second-order valence-electron chi connectivity index (χ2n) is 4.79. The molecule has 0 bridgehead atoms. The molecule has 1 aliphatic heterocycles. The first kappa shape index (κ1) is 13.8. The highest BCUT2D eigenvalue weighted by molar-refractivity contribution is 5.90. The van der Waals surface area contributed by atoms with Crippen molar-refractivity contribution in [2.45, 2.75) is 19.8 Å². The monoisotopic (exact) mass is 264 g/mol. The van der Waals surface area contributed by atoms with Crippen LogP contribution in [0.3, 0.4) is 0 Å². The standard InChI is InChI=1S/C14H20N2O3/c1-10-12(14(17)18-2)5-6-13(16-10)15-8-11-4-3-7-19-9-11/h5-6,11H,3-4,7-9H2,1-2H3,(H,15,16). The van der Waals surface area contributed by atoms with Crippen molar-refractivity contribution in [2.75, 3.05) is 32.2 Å². The molecule has 1 aromatic rings. The van der Waals surface area contributed by atoms with E-state index in [2.05, 4.69) is 10.3 Å². The van der Waals surface area contributed by atoms with Gasteiger partial charge in [0, 0.05) is 13.2 Å². The van der Waals surface area contributed by atoms with Gasteiger partial charge in [-0.3, -0.25) is 0 Å². The molecule has 2 heterocycles. The third-order valence-electron chi connectivity index (χ3n) is 3.32. The fourth-order valence-corrected chi connectivity index (χ4v) is 2.20. The maximum absolute atomic E-state index is 11.5. The number of pyridine rings is 1. The van der Waals surface area contributed by atoms with Crippen molar-refractivity contribution < 1.29 is 14.3 Å². The van der Waals surface area contributed by atoms with Crippen molar-refractivity contribution in [3.8, 4) is 0 Å². The molecular weight excluding hydrogens is 244 g/mol. The first-order valence-corrected chi connectivity index (χ1v) is 6.58. The summed E-state index contributed by atoms with van der Waals surface area (Å²) in [5.41, 5.74) is 1.19. The number of hydrogen-bond donors (Lipinski definition) is 1. The Hall–Kier alpha value is -1.62. The Bertz CT molecular complexity index is 442. The Balaban J connectivity index is 1.94. The van der Waals surface area contributed by atoms with E-state index < -0.39 is 0 Å². The van der Waals surface area contributed by atoms with Crippen molar-refractivity contribution >= 4 is 11.8 Å². The number of nitrogens with one attached hydrogen (secondary N) is 1. The normalized spacial score (nSPS) is 18.9. The van der Waals surface area contributed by atoms with Gasteiger partial charge in [-0.1, -0.05) is 0 Å². The number of hydrogen-bond acceptors (Lipinski definition) is 5. The van der Waals surface area contributed by atoms with Crippen LogP contribution in [0.2, 0.25) is 0 Å². The van der Waals surface area contributed by atoms with Crippen LogP contribution in [-0.2, 0) is 9.47 Å². The maximum atomic E-state index is 11.5. The van der Waals surface area contributed by atoms with Crippen LogP contribution in [0.25, 0.3) is 0 Å². The van der Waals surface area contributed by atoms with Gasteiger partial charge in [0.15, 0.2) is 0 Å². The number of carbonyl (C=O) groups excluding carboxylic acids is 1. The van der Waals surface area contributed by atoms with Gasteiger partial charge >= 0.3 is 5.97 Å². The lowest BCUT2D eigenvalue weighted by Crippen LogP contribution is -2.24. The topological polar surface area (TPSA) is 60.5 Å². The minimum Gasteiger partial charge on any atom is -0.465 e. The van der Waals surface area contributed by atoms with Crippen LogP contribution in [0.15, 0.2) is 12.1 Å². The zero-order chi connectivity index (χ0) is 13.7. The van der Waals surface area contributed by atoms with Gasteiger partial charge in [0.05, 0.1) is 25.0 Å². The SMILES string of the molecule is COC(=O)c1ccc(NCC2CCCOC2)nc1C. The van der Waals surface area contributed by atoms with Gasteiger partial charge in [-0.15, -0.1) is 0 Å². The molecule has 1 atom stereocenters. The van der Waals surface area contributed by atoms with Crippen LogP contribution >= 0.6 is 0 Å². The highest BCUT2D eigenvalue weighted by atomic mass is 16.5. The Kier molecular flexibility index (Phi) is 4.74. The molecule has 0 spiro atoms. The van der Waals surface area contributed by atoms with Crippen LogP contribution in [0.1, 0.15) is 28.9 Å². The second kappa shape index (κ2) is 6.52. The van der Waals surface area contributed by atoms with E-state index in [1.54, 1.807) is 13.0 Å². The van der Waals surface area contributed by atoms with Crippen molar-refractivity contribution in [1.29, 1.82) is 0 Å². The van der Waals surface area contributed by atoms with Gasteiger partial charge in [0.25, 0.3) is 0 Å². The summed E-state index contributed by atoms with van der Waals surface area (Å²) in [6.07, 6.45) is 2.31. The van der Waals surface area contributed by atoms with Crippen LogP contribution in [0.5, 0.6) is 0 Å². The van der Waals surface area contributed by atoms with E-state index in [1.165, 1.54) is 13.5 Å². The molecule has 1 aromatic heterocycles. The van der Waals surface area contributed by atoms with Gasteiger partial charge in [0.2, 0.25) is 0 Å². The second-order valence-corrected chi connectivity index (χ2v) is 4.79. The Morgan fingerprint density at radius 2 is 2.42 bits per heavy atom. The van der Waals surface area contributed by atoms with Crippen LogP contribution in [-0.4, -0.2) is 37.8 Å². The summed E-state index contributed by atoms with van der Waals surface area (Å²) in [6, 6.07) is 3.55. The average molecular weight is 264 g/mol. The van der Waals surface area contributed by atoms with E-state index in [0.29, 0.717) is 17.2 Å². The predicted octanol–water partition coefficient (Wildman–Crippen LogP) is 2.02. The average Bonchev–Trinajstić information content (AvgIpc) is 2.45. The molecule has 0 aliphatic carbocycles. The van der Waals surface area contributed by atoms with Gasteiger partial charge < -0.3 is 14.8 Å². The van der Waals surface area contributed by atoms with Crippen LogP contribution in [0, 0.1) is 12.8 Å². The Labute approximate surface area is 113 Å². The van der Waals surface area contributed by atoms with Crippen molar-refractivity contribution in [3.63, 3.8) is 0 Å². The van der Waals surface area contributed by atoms with E-state index in [1.807, 2.05) is 6.07 Å². The first-order chi connectivity index (χ1) is 9.20. The number of aromatic nitrogens is 1. The molecule has 5 heteroatoms. The molecule has 19 heavy (non-hydrogen) atoms. The lowest BCUT2D eigenvalue weighted by atomic mass is 10.0. The molecule has 2 rings (SSSR count). The fraction of sp³-hybridized carbons (Fsp3) is 0.571. The van der Waals surface area contributed by atoms with Gasteiger partial charge in [0.1, 0.15) is 5.82 Å². The summed E-state index contributed by atoms with van der Waals surface area (Å²) in [7, 11) is 1.37. The highest BCUT2D eigenvalue weighted by Crippen LogP contribution is 2.16. The van der Waals surface area contributed by atoms with Crippen LogP contribution < -0.4 is 5.32 Å². The summed E-state index contributed by atoms with van der Waals surface area (Å²) in [4.78, 5) is 15.8. The lowest BCUT2D eigenvalue weighted by molar-refractivity contribution is 0.0594. The number of methoxy groups -OCH3 is 1. The quantitative estimate of drug-likeness (QED) is 0.843. The molecule has 1 saturated heterocycles. The van der Waals surface area contributed by atoms with E-state index in [4.69, 9.17) is 9.47 Å². The van der Waals surface area contributed by atoms with E-state index in [9.17, 15) is 4.79 Å². The van der Waals surface area contributed by atoms with Crippen LogP contribution in [0.4, 0.5) is 5.82 Å². The van der Waals surface area contributed by atoms with E-state index >= 15 is 0 Å².